The van der Waals surface area contributed by atoms with Crippen LogP contribution in [0.1, 0.15) is 44.9 Å². The molecule has 0 aliphatic heterocycles. The number of nitrogens with one attached hydrogen (secondary N) is 2. The predicted octanol–water partition coefficient (Wildman–Crippen LogP) is 3.52. The largest absolute Gasteiger partial charge is 0.465 e. The van der Waals surface area contributed by atoms with Gasteiger partial charge in [-0.25, -0.2) is 4.79 Å². The molecule has 2 aromatic carbocycles. The molecule has 7 heteroatoms. The van der Waals surface area contributed by atoms with Crippen molar-refractivity contribution in [3.8, 4) is 0 Å². The molecular formula is C19H19ClN2O4. The second-order valence-corrected chi connectivity index (χ2v) is 6.25. The zero-order chi connectivity index (χ0) is 19.3. The van der Waals surface area contributed by atoms with E-state index in [1.54, 1.807) is 24.3 Å². The highest BCUT2D eigenvalue weighted by Crippen LogP contribution is 2.24. The van der Waals surface area contributed by atoms with Crippen molar-refractivity contribution < 1.29 is 19.1 Å². The summed E-state index contributed by atoms with van der Waals surface area (Å²) in [6.45, 7) is 3.73. The van der Waals surface area contributed by atoms with Crippen LogP contribution in [0.3, 0.4) is 0 Å². The molecule has 0 unspecified atom stereocenters. The van der Waals surface area contributed by atoms with Crippen molar-refractivity contribution >= 4 is 35.1 Å². The lowest BCUT2D eigenvalue weighted by Gasteiger charge is -2.10. The first-order chi connectivity index (χ1) is 12.3. The van der Waals surface area contributed by atoms with Gasteiger partial charge in [-0.1, -0.05) is 11.6 Å². The summed E-state index contributed by atoms with van der Waals surface area (Å²) in [6, 6.07) is 10.7. The lowest BCUT2D eigenvalue weighted by atomic mass is 10.1. The highest BCUT2D eigenvalue weighted by Gasteiger charge is 2.13. The molecule has 0 heterocycles. The van der Waals surface area contributed by atoms with E-state index in [1.165, 1.54) is 25.3 Å². The van der Waals surface area contributed by atoms with E-state index < -0.39 is 11.9 Å². The Bertz CT molecular complexity index is 832. The molecule has 2 N–H and O–H groups in total. The maximum absolute atomic E-state index is 12.4. The van der Waals surface area contributed by atoms with Crippen molar-refractivity contribution in [2.24, 2.45) is 0 Å². The Morgan fingerprint density at radius 3 is 2.00 bits per heavy atom. The zero-order valence-electron chi connectivity index (χ0n) is 14.6. The van der Waals surface area contributed by atoms with Gasteiger partial charge < -0.3 is 15.4 Å². The van der Waals surface area contributed by atoms with Gasteiger partial charge in [-0.3, -0.25) is 9.59 Å². The first-order valence-electron chi connectivity index (χ1n) is 7.92. The van der Waals surface area contributed by atoms with Gasteiger partial charge in [0.25, 0.3) is 11.8 Å². The number of amides is 2. The van der Waals surface area contributed by atoms with Crippen LogP contribution in [0, 0.1) is 0 Å². The van der Waals surface area contributed by atoms with Gasteiger partial charge in [0.1, 0.15) is 0 Å². The Hall–Kier alpha value is -2.86. The molecule has 0 aliphatic rings. The Labute approximate surface area is 156 Å². The van der Waals surface area contributed by atoms with E-state index >= 15 is 0 Å². The average Bonchev–Trinajstić information content (AvgIpc) is 2.62. The van der Waals surface area contributed by atoms with Crippen LogP contribution in [0.15, 0.2) is 42.5 Å². The van der Waals surface area contributed by atoms with Crippen LogP contribution in [0.4, 0.5) is 5.69 Å². The van der Waals surface area contributed by atoms with Crippen molar-refractivity contribution in [2.45, 2.75) is 19.9 Å². The smallest absolute Gasteiger partial charge is 0.337 e. The lowest BCUT2D eigenvalue weighted by Crippen LogP contribution is -2.30. The Morgan fingerprint density at radius 1 is 0.923 bits per heavy atom. The molecule has 0 radical (unpaired) electrons. The van der Waals surface area contributed by atoms with Crippen LogP contribution in [0.25, 0.3) is 0 Å². The third-order valence-electron chi connectivity index (χ3n) is 3.46. The van der Waals surface area contributed by atoms with Gasteiger partial charge in [-0.05, 0) is 56.3 Å². The number of benzene rings is 2. The number of rotatable bonds is 5. The van der Waals surface area contributed by atoms with Gasteiger partial charge in [-0.2, -0.15) is 0 Å². The van der Waals surface area contributed by atoms with E-state index in [2.05, 4.69) is 15.4 Å². The number of carbonyl (C=O) groups is 3. The Morgan fingerprint density at radius 2 is 1.46 bits per heavy atom. The van der Waals surface area contributed by atoms with E-state index in [0.717, 1.165) is 0 Å². The first kappa shape index (κ1) is 19.5. The Balaban J connectivity index is 2.15. The third-order valence-corrected chi connectivity index (χ3v) is 3.79. The minimum absolute atomic E-state index is 0.0229. The van der Waals surface area contributed by atoms with Gasteiger partial charge in [0, 0.05) is 17.2 Å². The van der Waals surface area contributed by atoms with Crippen molar-refractivity contribution in [3.63, 3.8) is 0 Å². The number of esters is 1. The molecule has 0 saturated carbocycles. The summed E-state index contributed by atoms with van der Waals surface area (Å²) in [5.41, 5.74) is 1.38. The summed E-state index contributed by atoms with van der Waals surface area (Å²) < 4.78 is 4.65. The van der Waals surface area contributed by atoms with Crippen LogP contribution in [0.5, 0.6) is 0 Å². The fraction of sp³-hybridized carbons (Fsp3) is 0.211. The van der Waals surface area contributed by atoms with Crippen LogP contribution >= 0.6 is 11.6 Å². The molecule has 0 saturated heterocycles. The van der Waals surface area contributed by atoms with Gasteiger partial charge in [-0.15, -0.1) is 0 Å². The molecule has 0 aliphatic carbocycles. The summed E-state index contributed by atoms with van der Waals surface area (Å²) in [6.07, 6.45) is 0. The number of hydrogen-bond donors (Lipinski definition) is 2. The van der Waals surface area contributed by atoms with Crippen molar-refractivity contribution in [1.82, 2.24) is 5.32 Å². The number of methoxy groups -OCH3 is 1. The summed E-state index contributed by atoms with van der Waals surface area (Å²) in [5.74, 6) is -1.15. The highest BCUT2D eigenvalue weighted by atomic mass is 35.5. The molecule has 2 rings (SSSR count). The molecule has 2 aromatic rings. The van der Waals surface area contributed by atoms with Crippen LogP contribution in [-0.4, -0.2) is 30.9 Å². The van der Waals surface area contributed by atoms with E-state index in [-0.39, 0.29) is 17.5 Å². The maximum atomic E-state index is 12.4. The summed E-state index contributed by atoms with van der Waals surface area (Å²) in [7, 11) is 1.27. The molecule has 0 fully saturated rings. The minimum Gasteiger partial charge on any atom is -0.465 e. The Kier molecular flexibility index (Phi) is 6.36. The fourth-order valence-corrected chi connectivity index (χ4v) is 2.34. The fourth-order valence-electron chi connectivity index (χ4n) is 2.18. The standard InChI is InChI=1S/C19H19ClN2O4/c1-11(2)21-17(23)12-4-6-13(7-5-12)18(24)22-16-10-14(19(25)26-3)8-9-15(16)20/h4-11H,1-3H3,(H,21,23)(H,22,24). The molecule has 6 nitrogen and oxygen atoms in total. The zero-order valence-corrected chi connectivity index (χ0v) is 15.4. The second-order valence-electron chi connectivity index (χ2n) is 5.85. The van der Waals surface area contributed by atoms with Gasteiger partial charge in [0.2, 0.25) is 0 Å². The lowest BCUT2D eigenvalue weighted by molar-refractivity contribution is 0.0600. The summed E-state index contributed by atoms with van der Waals surface area (Å²) >= 11 is 6.07. The normalized spacial score (nSPS) is 10.3. The second kappa shape index (κ2) is 8.49. The van der Waals surface area contributed by atoms with E-state index in [1.807, 2.05) is 13.8 Å². The van der Waals surface area contributed by atoms with Crippen molar-refractivity contribution in [1.29, 1.82) is 0 Å². The minimum atomic E-state index is -0.530. The van der Waals surface area contributed by atoms with E-state index in [0.29, 0.717) is 21.8 Å². The SMILES string of the molecule is COC(=O)c1ccc(Cl)c(NC(=O)c2ccc(C(=O)NC(C)C)cc2)c1. The molecule has 0 atom stereocenters. The van der Waals surface area contributed by atoms with Crippen LogP contribution < -0.4 is 10.6 Å². The molecule has 0 aromatic heterocycles. The van der Waals surface area contributed by atoms with Gasteiger partial charge >= 0.3 is 5.97 Å². The van der Waals surface area contributed by atoms with Crippen LogP contribution in [-0.2, 0) is 4.74 Å². The average molecular weight is 375 g/mol. The number of hydrogen-bond acceptors (Lipinski definition) is 4. The molecular weight excluding hydrogens is 356 g/mol. The predicted molar refractivity (Wildman–Crippen MR) is 99.8 cm³/mol. The quantitative estimate of drug-likeness (QED) is 0.784. The summed E-state index contributed by atoms with van der Waals surface area (Å²) in [4.78, 5) is 35.9. The van der Waals surface area contributed by atoms with Gasteiger partial charge in [0.15, 0.2) is 0 Å². The van der Waals surface area contributed by atoms with Crippen LogP contribution in [0.2, 0.25) is 5.02 Å². The highest BCUT2D eigenvalue weighted by molar-refractivity contribution is 6.34. The molecule has 2 amide bonds. The van der Waals surface area contributed by atoms with E-state index in [4.69, 9.17) is 11.6 Å². The summed E-state index contributed by atoms with van der Waals surface area (Å²) in [5, 5.41) is 5.71. The van der Waals surface area contributed by atoms with Crippen molar-refractivity contribution in [3.05, 3.63) is 64.2 Å². The monoisotopic (exact) mass is 374 g/mol. The number of anilines is 1. The molecule has 0 spiro atoms. The maximum Gasteiger partial charge on any atom is 0.337 e. The number of halogens is 1. The van der Waals surface area contributed by atoms with Crippen molar-refractivity contribution in [2.75, 3.05) is 12.4 Å². The number of carbonyl (C=O) groups excluding carboxylic acids is 3. The van der Waals surface area contributed by atoms with Gasteiger partial charge in [0.05, 0.1) is 23.4 Å². The molecule has 0 bridgehead atoms. The molecule has 136 valence electrons. The third kappa shape index (κ3) is 4.83. The van der Waals surface area contributed by atoms with E-state index in [9.17, 15) is 14.4 Å². The topological polar surface area (TPSA) is 84.5 Å². The molecule has 26 heavy (non-hydrogen) atoms. The first-order valence-corrected chi connectivity index (χ1v) is 8.29. The number of ether oxygens (including phenoxy) is 1.